The van der Waals surface area contributed by atoms with Crippen molar-refractivity contribution in [1.29, 1.82) is 0 Å². The smallest absolute Gasteiger partial charge is 0.156 e. The van der Waals surface area contributed by atoms with Crippen molar-refractivity contribution in [1.82, 2.24) is 29.7 Å². The maximum Gasteiger partial charge on any atom is 0.156 e. The zero-order valence-electron chi connectivity index (χ0n) is 15.0. The summed E-state index contributed by atoms with van der Waals surface area (Å²) >= 11 is 12.1. The molecule has 29 heavy (non-hydrogen) atoms. The number of benzene rings is 1. The molecule has 1 N–H and O–H groups in total. The molecular formula is C21H14Cl2N6. The van der Waals surface area contributed by atoms with Gasteiger partial charge in [0.05, 0.1) is 34.7 Å². The van der Waals surface area contributed by atoms with E-state index in [4.69, 9.17) is 28.2 Å². The first-order valence-electron chi connectivity index (χ1n) is 8.88. The van der Waals surface area contributed by atoms with Gasteiger partial charge in [0, 0.05) is 41.5 Å². The Morgan fingerprint density at radius 2 is 1.83 bits per heavy atom. The third kappa shape index (κ3) is 3.48. The van der Waals surface area contributed by atoms with Crippen molar-refractivity contribution in [3.63, 3.8) is 0 Å². The lowest BCUT2D eigenvalue weighted by molar-refractivity contribution is 0.687. The molecule has 0 atom stereocenters. The van der Waals surface area contributed by atoms with E-state index in [0.29, 0.717) is 16.6 Å². The number of H-pyrrole nitrogens is 1. The molecule has 0 fully saturated rings. The largest absolute Gasteiger partial charge is 0.344 e. The van der Waals surface area contributed by atoms with Crippen LogP contribution in [0.25, 0.3) is 33.5 Å². The number of nitrogens with zero attached hydrogens (tertiary/aromatic N) is 5. The van der Waals surface area contributed by atoms with Gasteiger partial charge in [-0.05, 0) is 29.8 Å². The minimum Gasteiger partial charge on any atom is -0.344 e. The maximum absolute atomic E-state index is 6.11. The summed E-state index contributed by atoms with van der Waals surface area (Å²) in [5.41, 5.74) is 6.22. The van der Waals surface area contributed by atoms with Crippen molar-refractivity contribution in [2.24, 2.45) is 0 Å². The SMILES string of the molecule is Clc1ccc(Cn2cc(-c3c[nH]c4ncc(-c5ccncc5)nc34)cn2)cc1Cl. The van der Waals surface area contributed by atoms with Crippen molar-refractivity contribution in [3.8, 4) is 22.4 Å². The molecule has 5 aromatic rings. The first-order valence-corrected chi connectivity index (χ1v) is 9.64. The van der Waals surface area contributed by atoms with Gasteiger partial charge in [0.1, 0.15) is 5.52 Å². The van der Waals surface area contributed by atoms with Crippen LogP contribution in [0, 0.1) is 0 Å². The van der Waals surface area contributed by atoms with Gasteiger partial charge in [-0.3, -0.25) is 9.67 Å². The lowest BCUT2D eigenvalue weighted by Crippen LogP contribution is -1.99. The zero-order chi connectivity index (χ0) is 19.8. The summed E-state index contributed by atoms with van der Waals surface area (Å²) in [5, 5.41) is 5.55. The lowest BCUT2D eigenvalue weighted by atomic mass is 10.1. The minimum absolute atomic E-state index is 0.534. The highest BCUT2D eigenvalue weighted by molar-refractivity contribution is 6.42. The van der Waals surface area contributed by atoms with E-state index in [0.717, 1.165) is 39.1 Å². The Balaban J connectivity index is 1.49. The second-order valence-electron chi connectivity index (χ2n) is 6.57. The van der Waals surface area contributed by atoms with E-state index in [1.807, 2.05) is 47.5 Å². The second kappa shape index (κ2) is 7.31. The van der Waals surface area contributed by atoms with Crippen molar-refractivity contribution < 1.29 is 0 Å². The summed E-state index contributed by atoms with van der Waals surface area (Å²) in [7, 11) is 0. The molecule has 0 amide bonds. The predicted octanol–water partition coefficient (Wildman–Crippen LogP) is 5.24. The Morgan fingerprint density at radius 3 is 2.66 bits per heavy atom. The fraction of sp³-hybridized carbons (Fsp3) is 0.0476. The second-order valence-corrected chi connectivity index (χ2v) is 7.38. The number of rotatable bonds is 4. The fourth-order valence-corrected chi connectivity index (χ4v) is 3.51. The van der Waals surface area contributed by atoms with E-state index in [9.17, 15) is 0 Å². The molecule has 0 aliphatic heterocycles. The highest BCUT2D eigenvalue weighted by Crippen LogP contribution is 2.28. The number of nitrogens with one attached hydrogen (secondary N) is 1. The van der Waals surface area contributed by atoms with Crippen LogP contribution >= 0.6 is 23.2 Å². The van der Waals surface area contributed by atoms with Crippen LogP contribution in [0.1, 0.15) is 5.56 Å². The number of pyridine rings is 1. The Kier molecular flexibility index (Phi) is 4.50. The van der Waals surface area contributed by atoms with E-state index in [2.05, 4.69) is 20.1 Å². The molecule has 0 saturated heterocycles. The number of aromatic amines is 1. The molecule has 142 valence electrons. The predicted molar refractivity (Wildman–Crippen MR) is 114 cm³/mol. The van der Waals surface area contributed by atoms with Gasteiger partial charge >= 0.3 is 0 Å². The summed E-state index contributed by atoms with van der Waals surface area (Å²) < 4.78 is 1.86. The third-order valence-electron chi connectivity index (χ3n) is 4.63. The Bertz CT molecular complexity index is 1310. The van der Waals surface area contributed by atoms with Crippen molar-refractivity contribution in [2.75, 3.05) is 0 Å². The Morgan fingerprint density at radius 1 is 0.966 bits per heavy atom. The molecule has 0 aliphatic carbocycles. The standard InChI is InChI=1S/C21H14Cl2N6/c22-17-2-1-13(7-18(17)23)11-29-12-15(8-27-29)16-9-25-21-20(16)28-19(10-26-21)14-3-5-24-6-4-14/h1-10,12H,11H2,(H,25,26). The first kappa shape index (κ1) is 17.8. The van der Waals surface area contributed by atoms with Gasteiger partial charge in [0.25, 0.3) is 0 Å². The molecule has 0 saturated carbocycles. The van der Waals surface area contributed by atoms with Gasteiger partial charge in [-0.15, -0.1) is 0 Å². The highest BCUT2D eigenvalue weighted by atomic mass is 35.5. The van der Waals surface area contributed by atoms with Crippen LogP contribution in [-0.4, -0.2) is 29.7 Å². The number of hydrogen-bond donors (Lipinski definition) is 1. The first-order chi connectivity index (χ1) is 14.2. The molecule has 0 aliphatic rings. The maximum atomic E-state index is 6.11. The Labute approximate surface area is 176 Å². The minimum atomic E-state index is 0.534. The molecule has 0 unspecified atom stereocenters. The molecule has 0 spiro atoms. The van der Waals surface area contributed by atoms with Gasteiger partial charge in [-0.2, -0.15) is 5.10 Å². The van der Waals surface area contributed by atoms with Crippen LogP contribution in [0.2, 0.25) is 10.0 Å². The van der Waals surface area contributed by atoms with Gasteiger partial charge in [0.2, 0.25) is 0 Å². The van der Waals surface area contributed by atoms with Crippen LogP contribution < -0.4 is 0 Å². The van der Waals surface area contributed by atoms with Crippen molar-refractivity contribution in [2.45, 2.75) is 6.54 Å². The summed E-state index contributed by atoms with van der Waals surface area (Å²) in [6.45, 7) is 0.590. The Hall–Kier alpha value is -3.22. The summed E-state index contributed by atoms with van der Waals surface area (Å²) in [4.78, 5) is 16.5. The third-order valence-corrected chi connectivity index (χ3v) is 5.37. The van der Waals surface area contributed by atoms with E-state index < -0.39 is 0 Å². The van der Waals surface area contributed by atoms with E-state index in [1.54, 1.807) is 24.7 Å². The van der Waals surface area contributed by atoms with Crippen LogP contribution in [0.15, 0.2) is 67.5 Å². The highest BCUT2D eigenvalue weighted by Gasteiger charge is 2.12. The summed E-state index contributed by atoms with van der Waals surface area (Å²) in [5.74, 6) is 0. The molecule has 4 heterocycles. The molecule has 4 aromatic heterocycles. The number of fused-ring (bicyclic) bond motifs is 1. The number of halogens is 2. The van der Waals surface area contributed by atoms with E-state index in [1.165, 1.54) is 0 Å². The van der Waals surface area contributed by atoms with Gasteiger partial charge < -0.3 is 4.98 Å². The molecular weight excluding hydrogens is 407 g/mol. The molecule has 0 bridgehead atoms. The number of hydrogen-bond acceptors (Lipinski definition) is 4. The van der Waals surface area contributed by atoms with E-state index >= 15 is 0 Å². The average molecular weight is 421 g/mol. The number of aromatic nitrogens is 6. The topological polar surface area (TPSA) is 72.3 Å². The molecule has 0 radical (unpaired) electrons. The van der Waals surface area contributed by atoms with Crippen molar-refractivity contribution >= 4 is 34.4 Å². The van der Waals surface area contributed by atoms with Crippen LogP contribution in [0.5, 0.6) is 0 Å². The molecule has 5 rings (SSSR count). The lowest BCUT2D eigenvalue weighted by Gasteiger charge is -2.03. The normalized spacial score (nSPS) is 11.2. The molecule has 6 nitrogen and oxygen atoms in total. The fourth-order valence-electron chi connectivity index (χ4n) is 3.19. The van der Waals surface area contributed by atoms with Gasteiger partial charge in [0.15, 0.2) is 5.65 Å². The van der Waals surface area contributed by atoms with Crippen LogP contribution in [-0.2, 0) is 6.54 Å². The molecule has 1 aromatic carbocycles. The van der Waals surface area contributed by atoms with E-state index in [-0.39, 0.29) is 0 Å². The average Bonchev–Trinajstić information content (AvgIpc) is 3.37. The monoisotopic (exact) mass is 420 g/mol. The summed E-state index contributed by atoms with van der Waals surface area (Å²) in [6.07, 6.45) is 10.9. The van der Waals surface area contributed by atoms with Crippen LogP contribution in [0.4, 0.5) is 0 Å². The van der Waals surface area contributed by atoms with Crippen molar-refractivity contribution in [3.05, 3.63) is 83.1 Å². The zero-order valence-corrected chi connectivity index (χ0v) is 16.6. The van der Waals surface area contributed by atoms with Gasteiger partial charge in [-0.25, -0.2) is 9.97 Å². The quantitative estimate of drug-likeness (QED) is 0.431. The van der Waals surface area contributed by atoms with Gasteiger partial charge in [-0.1, -0.05) is 29.3 Å². The molecule has 8 heteroatoms. The summed E-state index contributed by atoms with van der Waals surface area (Å²) in [6, 6.07) is 9.41. The van der Waals surface area contributed by atoms with Crippen LogP contribution in [0.3, 0.4) is 0 Å².